The third-order valence-electron chi connectivity index (χ3n) is 5.26. The van der Waals surface area contributed by atoms with Gasteiger partial charge in [0.05, 0.1) is 29.4 Å². The summed E-state index contributed by atoms with van der Waals surface area (Å²) >= 11 is 0. The van der Waals surface area contributed by atoms with Crippen LogP contribution in [0.1, 0.15) is 23.2 Å². The topological polar surface area (TPSA) is 112 Å². The Bertz CT molecular complexity index is 1290. The highest BCUT2D eigenvalue weighted by molar-refractivity contribution is 6.07. The van der Waals surface area contributed by atoms with Crippen LogP contribution in [0.25, 0.3) is 28.1 Å². The number of nitrogens with one attached hydrogen (secondary N) is 2. The van der Waals surface area contributed by atoms with Crippen LogP contribution in [-0.4, -0.2) is 55.4 Å². The van der Waals surface area contributed by atoms with Crippen LogP contribution in [-0.2, 0) is 7.05 Å². The summed E-state index contributed by atoms with van der Waals surface area (Å²) < 4.78 is 9.26. The molecule has 0 unspecified atom stereocenters. The number of pyridine rings is 1. The van der Waals surface area contributed by atoms with Crippen LogP contribution in [0.5, 0.6) is 5.75 Å². The van der Waals surface area contributed by atoms with E-state index in [0.29, 0.717) is 40.0 Å². The van der Waals surface area contributed by atoms with Gasteiger partial charge < -0.3 is 15.4 Å². The van der Waals surface area contributed by atoms with E-state index in [1.807, 2.05) is 29.8 Å². The quantitative estimate of drug-likeness (QED) is 0.493. The van der Waals surface area contributed by atoms with E-state index in [2.05, 4.69) is 30.7 Å². The number of para-hydroxylation sites is 1. The Labute approximate surface area is 178 Å². The molecule has 1 saturated carbocycles. The maximum absolute atomic E-state index is 12.6. The van der Waals surface area contributed by atoms with Gasteiger partial charge in [-0.25, -0.2) is 15.0 Å². The predicted molar refractivity (Wildman–Crippen MR) is 115 cm³/mol. The van der Waals surface area contributed by atoms with Gasteiger partial charge in [0.1, 0.15) is 18.2 Å². The Morgan fingerprint density at radius 1 is 1.19 bits per heavy atom. The highest BCUT2D eigenvalue weighted by Gasteiger charge is 2.26. The summed E-state index contributed by atoms with van der Waals surface area (Å²) in [5.74, 6) is 1.57. The second-order valence-corrected chi connectivity index (χ2v) is 7.43. The van der Waals surface area contributed by atoms with Crippen molar-refractivity contribution in [2.24, 2.45) is 7.05 Å². The second-order valence-electron chi connectivity index (χ2n) is 7.43. The molecule has 0 aliphatic heterocycles. The first-order chi connectivity index (χ1) is 15.1. The van der Waals surface area contributed by atoms with Crippen molar-refractivity contribution in [3.8, 4) is 22.8 Å². The molecule has 3 heterocycles. The fraction of sp³-hybridized carbons (Fsp3) is 0.286. The summed E-state index contributed by atoms with van der Waals surface area (Å²) in [6.45, 7) is 0. The monoisotopic (exact) mass is 418 g/mol. The summed E-state index contributed by atoms with van der Waals surface area (Å²) in [5.41, 5.74) is 3.19. The van der Waals surface area contributed by atoms with Crippen molar-refractivity contribution in [3.63, 3.8) is 0 Å². The fourth-order valence-electron chi connectivity index (χ4n) is 3.61. The van der Waals surface area contributed by atoms with Crippen LogP contribution < -0.4 is 15.4 Å². The van der Waals surface area contributed by atoms with Crippen molar-refractivity contribution >= 4 is 22.8 Å². The number of methoxy groups -OCH3 is 1. The number of benzene rings is 1. The molecular weight excluding hydrogens is 396 g/mol. The Hall–Kier alpha value is -3.95. The van der Waals surface area contributed by atoms with Crippen LogP contribution in [0.3, 0.4) is 0 Å². The molecule has 0 saturated heterocycles. The molecule has 5 rings (SSSR count). The number of hydrogen-bond acceptors (Lipinski definition) is 7. The van der Waals surface area contributed by atoms with Gasteiger partial charge in [0, 0.05) is 26.3 Å². The lowest BCUT2D eigenvalue weighted by atomic mass is 10.1. The zero-order chi connectivity index (χ0) is 21.5. The highest BCUT2D eigenvalue weighted by Crippen LogP contribution is 2.37. The van der Waals surface area contributed by atoms with E-state index >= 15 is 0 Å². The lowest BCUT2D eigenvalue weighted by Gasteiger charge is -2.15. The van der Waals surface area contributed by atoms with Crippen molar-refractivity contribution in [1.29, 1.82) is 0 Å². The summed E-state index contributed by atoms with van der Waals surface area (Å²) in [6, 6.07) is 6.12. The van der Waals surface area contributed by atoms with Gasteiger partial charge in [0.2, 0.25) is 0 Å². The minimum atomic E-state index is -0.237. The summed E-state index contributed by atoms with van der Waals surface area (Å²) in [7, 11) is 5.01. The molecule has 0 atom stereocenters. The SMILES string of the molecule is CNC(=O)c1cnc(NC2CC2)c2ncn(-c3cccc(-c4ncn(C)n4)c3OC)c12. The molecular formula is C21H22N8O2. The summed E-state index contributed by atoms with van der Waals surface area (Å²) in [6.07, 6.45) is 7.12. The maximum atomic E-state index is 12.6. The van der Waals surface area contributed by atoms with Crippen LogP contribution in [0.2, 0.25) is 0 Å². The smallest absolute Gasteiger partial charge is 0.254 e. The summed E-state index contributed by atoms with van der Waals surface area (Å²) in [4.78, 5) is 26.1. The average Bonchev–Trinajstić information content (AvgIpc) is 3.32. The average molecular weight is 418 g/mol. The van der Waals surface area contributed by atoms with Gasteiger partial charge in [0.25, 0.3) is 5.91 Å². The van der Waals surface area contributed by atoms with E-state index in [0.717, 1.165) is 24.1 Å². The van der Waals surface area contributed by atoms with Crippen molar-refractivity contribution in [1.82, 2.24) is 34.6 Å². The third-order valence-corrected chi connectivity index (χ3v) is 5.26. The van der Waals surface area contributed by atoms with E-state index in [-0.39, 0.29) is 5.91 Å². The molecule has 31 heavy (non-hydrogen) atoms. The molecule has 1 aromatic carbocycles. The predicted octanol–water partition coefficient (Wildman–Crippen LogP) is 2.16. The maximum Gasteiger partial charge on any atom is 0.254 e. The van der Waals surface area contributed by atoms with Gasteiger partial charge in [-0.2, -0.15) is 5.10 Å². The number of hydrogen-bond donors (Lipinski definition) is 2. The number of nitrogens with zero attached hydrogens (tertiary/aromatic N) is 6. The van der Waals surface area contributed by atoms with Crippen LogP contribution in [0, 0.1) is 0 Å². The normalized spacial score (nSPS) is 13.4. The van der Waals surface area contributed by atoms with Crippen LogP contribution in [0.15, 0.2) is 37.1 Å². The number of aromatic nitrogens is 6. The number of ether oxygens (including phenoxy) is 1. The van der Waals surface area contributed by atoms with Crippen LogP contribution >= 0.6 is 0 Å². The standard InChI is InChI=1S/C21H22N8O2/c1-22-21(30)14-9-23-20(26-12-7-8-12)16-17(14)29(11-24-16)15-6-4-5-13(18(15)31-3)19-25-10-28(2)27-19/h4-6,9-12H,7-8H2,1-3H3,(H,22,30)(H,23,26). The lowest BCUT2D eigenvalue weighted by Crippen LogP contribution is -2.19. The highest BCUT2D eigenvalue weighted by atomic mass is 16.5. The molecule has 10 nitrogen and oxygen atoms in total. The van der Waals surface area contributed by atoms with E-state index < -0.39 is 0 Å². The van der Waals surface area contributed by atoms with Gasteiger partial charge in [-0.15, -0.1) is 0 Å². The number of carbonyl (C=O) groups excluding carboxylic acids is 1. The number of rotatable bonds is 6. The molecule has 0 radical (unpaired) electrons. The first-order valence-corrected chi connectivity index (χ1v) is 9.98. The third kappa shape index (κ3) is 3.25. The molecule has 1 aliphatic rings. The number of anilines is 1. The zero-order valence-electron chi connectivity index (χ0n) is 17.5. The Balaban J connectivity index is 1.74. The molecule has 1 aliphatic carbocycles. The van der Waals surface area contributed by atoms with E-state index in [1.165, 1.54) is 0 Å². The van der Waals surface area contributed by atoms with Crippen molar-refractivity contribution in [3.05, 3.63) is 42.6 Å². The first kappa shape index (κ1) is 19.0. The van der Waals surface area contributed by atoms with E-state index in [4.69, 9.17) is 4.74 Å². The minimum absolute atomic E-state index is 0.237. The number of amides is 1. The second kappa shape index (κ2) is 7.38. The minimum Gasteiger partial charge on any atom is -0.494 e. The molecule has 10 heteroatoms. The number of aryl methyl sites for hydroxylation is 1. The molecule has 4 aromatic rings. The Morgan fingerprint density at radius 3 is 2.71 bits per heavy atom. The summed E-state index contributed by atoms with van der Waals surface area (Å²) in [5, 5.41) is 10.5. The van der Waals surface area contributed by atoms with E-state index in [1.54, 1.807) is 37.7 Å². The van der Waals surface area contributed by atoms with Crippen molar-refractivity contribution in [2.75, 3.05) is 19.5 Å². The van der Waals surface area contributed by atoms with Crippen LogP contribution in [0.4, 0.5) is 5.82 Å². The number of carbonyl (C=O) groups is 1. The zero-order valence-corrected chi connectivity index (χ0v) is 17.5. The van der Waals surface area contributed by atoms with Gasteiger partial charge in [-0.05, 0) is 25.0 Å². The van der Waals surface area contributed by atoms with Crippen molar-refractivity contribution in [2.45, 2.75) is 18.9 Å². The lowest BCUT2D eigenvalue weighted by molar-refractivity contribution is 0.0964. The van der Waals surface area contributed by atoms with Gasteiger partial charge in [0.15, 0.2) is 17.4 Å². The molecule has 1 fully saturated rings. The van der Waals surface area contributed by atoms with Gasteiger partial charge in [-0.1, -0.05) is 6.07 Å². The fourth-order valence-corrected chi connectivity index (χ4v) is 3.61. The molecule has 1 amide bonds. The molecule has 0 bridgehead atoms. The Kier molecular flexibility index (Phi) is 4.54. The first-order valence-electron chi connectivity index (χ1n) is 9.98. The number of imidazole rings is 1. The van der Waals surface area contributed by atoms with Gasteiger partial charge >= 0.3 is 0 Å². The van der Waals surface area contributed by atoms with Crippen molar-refractivity contribution < 1.29 is 9.53 Å². The largest absolute Gasteiger partial charge is 0.494 e. The molecule has 158 valence electrons. The molecule has 3 aromatic heterocycles. The van der Waals surface area contributed by atoms with Gasteiger partial charge in [-0.3, -0.25) is 14.0 Å². The molecule has 0 spiro atoms. The molecule has 2 N–H and O–H groups in total. The number of fused-ring (bicyclic) bond motifs is 1. The Morgan fingerprint density at radius 2 is 2.03 bits per heavy atom. The van der Waals surface area contributed by atoms with E-state index in [9.17, 15) is 4.79 Å².